The van der Waals surface area contributed by atoms with E-state index in [2.05, 4.69) is 21.4 Å². The molecule has 1 saturated heterocycles. The Morgan fingerprint density at radius 1 is 1.24 bits per heavy atom. The van der Waals surface area contributed by atoms with E-state index in [0.29, 0.717) is 17.9 Å². The fourth-order valence-corrected chi connectivity index (χ4v) is 2.65. The number of nitrogens with zero attached hydrogens (tertiary/aromatic N) is 1. The number of hydrogen-bond acceptors (Lipinski definition) is 5. The summed E-state index contributed by atoms with van der Waals surface area (Å²) in [5.74, 6) is 0.148. The monoisotopic (exact) mass is 342 g/mol. The molecule has 0 saturated carbocycles. The number of halogens is 1. The first-order valence-corrected chi connectivity index (χ1v) is 7.89. The summed E-state index contributed by atoms with van der Waals surface area (Å²) in [6.45, 7) is 0.657. The summed E-state index contributed by atoms with van der Waals surface area (Å²) in [5, 5.41) is 4.06. The number of carbonyl (C=O) groups is 1. The average molecular weight is 342 g/mol. The minimum Gasteiger partial charge on any atom is -0.497 e. The molecular formula is C18H19FN4O2. The Morgan fingerprint density at radius 3 is 2.64 bits per heavy atom. The molecule has 2 atom stereocenters. The summed E-state index contributed by atoms with van der Waals surface area (Å²) in [6.07, 6.45) is 1.68. The number of rotatable bonds is 5. The summed E-state index contributed by atoms with van der Waals surface area (Å²) in [7, 11) is 1.57. The van der Waals surface area contributed by atoms with Gasteiger partial charge in [-0.15, -0.1) is 0 Å². The van der Waals surface area contributed by atoms with Gasteiger partial charge >= 0.3 is 0 Å². The molecule has 0 radical (unpaired) electrons. The van der Waals surface area contributed by atoms with E-state index < -0.39 is 0 Å². The Hall–Kier alpha value is -2.77. The van der Waals surface area contributed by atoms with Gasteiger partial charge in [-0.05, 0) is 42.0 Å². The van der Waals surface area contributed by atoms with Crippen molar-refractivity contribution in [2.45, 2.75) is 6.04 Å². The minimum atomic E-state index is -0.295. The second-order valence-electron chi connectivity index (χ2n) is 5.67. The SMILES string of the molecule is COc1ccc(C(=O)N/N=C/C2CNNC2c2ccc(F)cc2)cc1. The van der Waals surface area contributed by atoms with Crippen molar-refractivity contribution in [1.82, 2.24) is 16.3 Å². The van der Waals surface area contributed by atoms with Crippen molar-refractivity contribution in [3.63, 3.8) is 0 Å². The van der Waals surface area contributed by atoms with Gasteiger partial charge in [-0.2, -0.15) is 5.10 Å². The standard InChI is InChI=1S/C18H19FN4O2/c1-25-16-8-4-13(5-9-16)18(24)23-21-11-14-10-20-22-17(14)12-2-6-15(19)7-3-12/h2-9,11,14,17,20,22H,10H2,1H3,(H,23,24)/b21-11+. The fourth-order valence-electron chi connectivity index (χ4n) is 2.65. The molecule has 6 nitrogen and oxygen atoms in total. The molecule has 7 heteroatoms. The summed E-state index contributed by atoms with van der Waals surface area (Å²) >= 11 is 0. The molecule has 1 fully saturated rings. The van der Waals surface area contributed by atoms with Crippen LogP contribution in [0.3, 0.4) is 0 Å². The molecule has 0 bridgehead atoms. The van der Waals surface area contributed by atoms with Crippen molar-refractivity contribution in [1.29, 1.82) is 0 Å². The molecule has 2 unspecified atom stereocenters. The van der Waals surface area contributed by atoms with Gasteiger partial charge in [0.1, 0.15) is 11.6 Å². The van der Waals surface area contributed by atoms with Gasteiger partial charge in [0.15, 0.2) is 0 Å². The quantitative estimate of drug-likeness (QED) is 0.574. The van der Waals surface area contributed by atoms with Crippen LogP contribution in [-0.4, -0.2) is 25.8 Å². The third-order valence-electron chi connectivity index (χ3n) is 4.04. The summed E-state index contributed by atoms with van der Waals surface area (Å²) in [4.78, 5) is 12.1. The van der Waals surface area contributed by atoms with Crippen molar-refractivity contribution in [2.75, 3.05) is 13.7 Å². The van der Waals surface area contributed by atoms with Gasteiger partial charge < -0.3 is 4.74 Å². The highest BCUT2D eigenvalue weighted by Crippen LogP contribution is 2.23. The van der Waals surface area contributed by atoms with Crippen molar-refractivity contribution in [2.24, 2.45) is 11.0 Å². The van der Waals surface area contributed by atoms with E-state index in [1.807, 2.05) is 0 Å². The van der Waals surface area contributed by atoms with Gasteiger partial charge in [-0.25, -0.2) is 15.2 Å². The number of benzene rings is 2. The first-order valence-electron chi connectivity index (χ1n) is 7.89. The zero-order valence-electron chi connectivity index (χ0n) is 13.7. The van der Waals surface area contributed by atoms with Crippen LogP contribution >= 0.6 is 0 Å². The van der Waals surface area contributed by atoms with Gasteiger partial charge in [-0.1, -0.05) is 12.1 Å². The third-order valence-corrected chi connectivity index (χ3v) is 4.04. The third kappa shape index (κ3) is 4.20. The second-order valence-corrected chi connectivity index (χ2v) is 5.67. The molecule has 0 aliphatic carbocycles. The molecule has 2 aromatic rings. The number of methoxy groups -OCH3 is 1. The van der Waals surface area contributed by atoms with E-state index >= 15 is 0 Å². The molecule has 0 aromatic heterocycles. The number of hydrogen-bond donors (Lipinski definition) is 3. The number of hydrazine groups is 1. The highest BCUT2D eigenvalue weighted by molar-refractivity contribution is 5.94. The molecule has 25 heavy (non-hydrogen) atoms. The second kappa shape index (κ2) is 7.87. The lowest BCUT2D eigenvalue weighted by Crippen LogP contribution is -2.25. The zero-order chi connectivity index (χ0) is 17.6. The van der Waals surface area contributed by atoms with Crippen molar-refractivity contribution in [3.05, 3.63) is 65.5 Å². The predicted octanol–water partition coefficient (Wildman–Crippen LogP) is 2.02. The van der Waals surface area contributed by atoms with E-state index in [4.69, 9.17) is 4.74 Å². The predicted molar refractivity (Wildman–Crippen MR) is 92.7 cm³/mol. The van der Waals surface area contributed by atoms with E-state index in [9.17, 15) is 9.18 Å². The summed E-state index contributed by atoms with van der Waals surface area (Å²) < 4.78 is 18.1. The fraction of sp³-hybridized carbons (Fsp3) is 0.222. The molecule has 3 rings (SSSR count). The number of amides is 1. The zero-order valence-corrected chi connectivity index (χ0v) is 13.7. The van der Waals surface area contributed by atoms with Crippen LogP contribution in [-0.2, 0) is 0 Å². The van der Waals surface area contributed by atoms with E-state index in [1.54, 1.807) is 49.7 Å². The molecule has 1 aliphatic heterocycles. The molecule has 1 heterocycles. The maximum absolute atomic E-state index is 13.1. The van der Waals surface area contributed by atoms with E-state index in [-0.39, 0.29) is 23.7 Å². The number of carbonyl (C=O) groups excluding carboxylic acids is 1. The molecule has 1 aliphatic rings. The van der Waals surface area contributed by atoms with Crippen LogP contribution in [0.5, 0.6) is 5.75 Å². The lowest BCUT2D eigenvalue weighted by Gasteiger charge is -2.15. The van der Waals surface area contributed by atoms with Crippen LogP contribution in [0.2, 0.25) is 0 Å². The number of nitrogens with one attached hydrogen (secondary N) is 3. The van der Waals surface area contributed by atoms with Gasteiger partial charge in [0.25, 0.3) is 5.91 Å². The Labute approximate surface area is 145 Å². The van der Waals surface area contributed by atoms with Crippen LogP contribution in [0.4, 0.5) is 4.39 Å². The summed E-state index contributed by atoms with van der Waals surface area (Å²) in [5.41, 5.74) is 10.2. The van der Waals surface area contributed by atoms with E-state index in [1.165, 1.54) is 12.1 Å². The normalized spacial score (nSPS) is 19.9. The molecule has 0 spiro atoms. The molecule has 2 aromatic carbocycles. The van der Waals surface area contributed by atoms with Gasteiger partial charge in [-0.3, -0.25) is 10.2 Å². The maximum atomic E-state index is 13.1. The molecule has 3 N–H and O–H groups in total. The highest BCUT2D eigenvalue weighted by Gasteiger charge is 2.26. The number of ether oxygens (including phenoxy) is 1. The first-order chi connectivity index (χ1) is 12.2. The van der Waals surface area contributed by atoms with Gasteiger partial charge in [0, 0.05) is 24.2 Å². The topological polar surface area (TPSA) is 74.8 Å². The Balaban J connectivity index is 1.60. The van der Waals surface area contributed by atoms with Crippen LogP contribution < -0.4 is 21.0 Å². The highest BCUT2D eigenvalue weighted by atomic mass is 19.1. The molecular weight excluding hydrogens is 323 g/mol. The lowest BCUT2D eigenvalue weighted by molar-refractivity contribution is 0.0955. The van der Waals surface area contributed by atoms with Crippen LogP contribution in [0.25, 0.3) is 0 Å². The smallest absolute Gasteiger partial charge is 0.271 e. The maximum Gasteiger partial charge on any atom is 0.271 e. The van der Waals surface area contributed by atoms with Gasteiger partial charge in [0.05, 0.1) is 13.2 Å². The minimum absolute atomic E-state index is 0.0293. The average Bonchev–Trinajstić information content (AvgIpc) is 3.11. The summed E-state index contributed by atoms with van der Waals surface area (Å²) in [6, 6.07) is 13.1. The Bertz CT molecular complexity index is 747. The van der Waals surface area contributed by atoms with Crippen LogP contribution in [0.1, 0.15) is 22.0 Å². The van der Waals surface area contributed by atoms with E-state index in [0.717, 1.165) is 5.56 Å². The first kappa shape index (κ1) is 17.1. The van der Waals surface area contributed by atoms with Gasteiger partial charge in [0.2, 0.25) is 0 Å². The van der Waals surface area contributed by atoms with Crippen molar-refractivity contribution < 1.29 is 13.9 Å². The Kier molecular flexibility index (Phi) is 5.37. The molecule has 130 valence electrons. The van der Waals surface area contributed by atoms with Crippen LogP contribution in [0, 0.1) is 11.7 Å². The largest absolute Gasteiger partial charge is 0.497 e. The Morgan fingerprint density at radius 2 is 1.96 bits per heavy atom. The molecule has 1 amide bonds. The van der Waals surface area contributed by atoms with Crippen LogP contribution in [0.15, 0.2) is 53.6 Å². The number of hydrazone groups is 1. The van der Waals surface area contributed by atoms with Crippen molar-refractivity contribution >= 4 is 12.1 Å². The van der Waals surface area contributed by atoms with Crippen molar-refractivity contribution in [3.8, 4) is 5.75 Å². The lowest BCUT2D eigenvalue weighted by atomic mass is 9.96.